The van der Waals surface area contributed by atoms with Gasteiger partial charge in [-0.1, -0.05) is 38.1 Å². The molecule has 0 unspecified atom stereocenters. The molecule has 1 saturated heterocycles. The molecular weight excluding hydrogens is 352 g/mol. The molecule has 2 aromatic carbocycles. The summed E-state index contributed by atoms with van der Waals surface area (Å²) >= 11 is 0. The summed E-state index contributed by atoms with van der Waals surface area (Å²) < 4.78 is 5.28. The monoisotopic (exact) mass is 380 g/mol. The minimum atomic E-state index is -0.432. The predicted molar refractivity (Wildman–Crippen MR) is 110 cm³/mol. The summed E-state index contributed by atoms with van der Waals surface area (Å²) in [6.45, 7) is 7.90. The summed E-state index contributed by atoms with van der Waals surface area (Å²) in [6, 6.07) is 14.9. The fraction of sp³-hybridized carbons (Fsp3) is 0.391. The Bertz CT molecular complexity index is 845. The molecule has 0 saturated carbocycles. The Morgan fingerprint density at radius 1 is 1.11 bits per heavy atom. The van der Waals surface area contributed by atoms with Gasteiger partial charge in [-0.05, 0) is 48.2 Å². The minimum Gasteiger partial charge on any atom is -0.497 e. The summed E-state index contributed by atoms with van der Waals surface area (Å²) in [4.78, 5) is 29.1. The fourth-order valence-corrected chi connectivity index (χ4v) is 3.60. The molecule has 0 bridgehead atoms. The number of hydrogen-bond donors (Lipinski definition) is 0. The molecule has 148 valence electrons. The fourth-order valence-electron chi connectivity index (χ4n) is 3.60. The second-order valence-electron chi connectivity index (χ2n) is 7.66. The summed E-state index contributed by atoms with van der Waals surface area (Å²) in [6.07, 6.45) is 0. The third-order valence-corrected chi connectivity index (χ3v) is 5.13. The van der Waals surface area contributed by atoms with Crippen molar-refractivity contribution in [1.82, 2.24) is 9.80 Å². The Hall–Kier alpha value is -2.82. The second-order valence-corrected chi connectivity index (χ2v) is 7.66. The van der Waals surface area contributed by atoms with Crippen molar-refractivity contribution >= 4 is 11.8 Å². The minimum absolute atomic E-state index is 0.0290. The number of carbonyl (C=O) groups is 2. The number of piperazine rings is 1. The lowest BCUT2D eigenvalue weighted by molar-refractivity contribution is -0.140. The molecule has 0 aliphatic carbocycles. The molecule has 1 aliphatic heterocycles. The van der Waals surface area contributed by atoms with Crippen LogP contribution in [0.5, 0.6) is 5.75 Å². The van der Waals surface area contributed by atoms with Gasteiger partial charge in [0.05, 0.1) is 7.11 Å². The van der Waals surface area contributed by atoms with Crippen LogP contribution in [0, 0.1) is 5.92 Å². The van der Waals surface area contributed by atoms with E-state index in [-0.39, 0.29) is 11.8 Å². The van der Waals surface area contributed by atoms with E-state index in [1.54, 1.807) is 12.0 Å². The van der Waals surface area contributed by atoms with E-state index in [1.807, 2.05) is 60.4 Å². The average molecular weight is 380 g/mol. The van der Waals surface area contributed by atoms with E-state index in [1.165, 1.54) is 0 Å². The van der Waals surface area contributed by atoms with Crippen molar-refractivity contribution in [3.05, 3.63) is 54.1 Å². The molecule has 0 aromatic heterocycles. The topological polar surface area (TPSA) is 49.9 Å². The van der Waals surface area contributed by atoms with Crippen LogP contribution < -0.4 is 4.74 Å². The van der Waals surface area contributed by atoms with Crippen LogP contribution in [-0.4, -0.2) is 54.4 Å². The van der Waals surface area contributed by atoms with Crippen molar-refractivity contribution in [1.29, 1.82) is 0 Å². The van der Waals surface area contributed by atoms with Crippen LogP contribution in [0.3, 0.4) is 0 Å². The van der Waals surface area contributed by atoms with Gasteiger partial charge < -0.3 is 14.5 Å². The van der Waals surface area contributed by atoms with E-state index in [9.17, 15) is 9.59 Å². The van der Waals surface area contributed by atoms with Crippen LogP contribution in [0.15, 0.2) is 48.5 Å². The zero-order valence-corrected chi connectivity index (χ0v) is 17.0. The van der Waals surface area contributed by atoms with Gasteiger partial charge in [0.2, 0.25) is 5.91 Å². The quantitative estimate of drug-likeness (QED) is 0.795. The van der Waals surface area contributed by atoms with Crippen molar-refractivity contribution in [3.8, 4) is 16.9 Å². The molecule has 2 aromatic rings. The van der Waals surface area contributed by atoms with E-state index < -0.39 is 6.04 Å². The predicted octanol–water partition coefficient (Wildman–Crippen LogP) is 3.69. The van der Waals surface area contributed by atoms with E-state index in [4.69, 9.17) is 4.74 Å². The first-order chi connectivity index (χ1) is 13.4. The van der Waals surface area contributed by atoms with Gasteiger partial charge in [0.15, 0.2) is 0 Å². The first kappa shape index (κ1) is 19.9. The molecule has 5 nitrogen and oxygen atoms in total. The van der Waals surface area contributed by atoms with Gasteiger partial charge in [0.1, 0.15) is 11.8 Å². The zero-order chi connectivity index (χ0) is 20.3. The van der Waals surface area contributed by atoms with E-state index >= 15 is 0 Å². The van der Waals surface area contributed by atoms with Gasteiger partial charge in [-0.3, -0.25) is 9.59 Å². The number of nitrogens with zero attached hydrogens (tertiary/aromatic N) is 2. The summed E-state index contributed by atoms with van der Waals surface area (Å²) in [5.74, 6) is 1.15. The molecule has 3 rings (SSSR count). The molecule has 2 amide bonds. The second kappa shape index (κ2) is 8.46. The third-order valence-electron chi connectivity index (χ3n) is 5.13. The Morgan fingerprint density at radius 2 is 1.82 bits per heavy atom. The number of methoxy groups -OCH3 is 1. The highest BCUT2D eigenvalue weighted by atomic mass is 16.5. The number of carbonyl (C=O) groups excluding carboxylic acids is 2. The molecule has 0 radical (unpaired) electrons. The normalized spacial score (nSPS) is 17.2. The lowest BCUT2D eigenvalue weighted by atomic mass is 10.0. The smallest absolute Gasteiger partial charge is 0.254 e. The van der Waals surface area contributed by atoms with Crippen molar-refractivity contribution in [3.63, 3.8) is 0 Å². The SMILES string of the molecule is COc1cccc(-c2ccc(C(=O)N3CCN(CC(C)C)C(=O)[C@H]3C)cc2)c1. The van der Waals surface area contributed by atoms with Crippen LogP contribution in [0.4, 0.5) is 0 Å². The summed E-state index contributed by atoms with van der Waals surface area (Å²) in [5, 5.41) is 0. The molecule has 5 heteroatoms. The van der Waals surface area contributed by atoms with Gasteiger partial charge in [-0.15, -0.1) is 0 Å². The van der Waals surface area contributed by atoms with Gasteiger partial charge in [-0.2, -0.15) is 0 Å². The number of hydrogen-bond acceptors (Lipinski definition) is 3. The Morgan fingerprint density at radius 3 is 2.46 bits per heavy atom. The highest BCUT2D eigenvalue weighted by Gasteiger charge is 2.34. The van der Waals surface area contributed by atoms with Crippen LogP contribution in [0.25, 0.3) is 11.1 Å². The summed E-state index contributed by atoms with van der Waals surface area (Å²) in [5.41, 5.74) is 2.65. The molecule has 28 heavy (non-hydrogen) atoms. The molecule has 0 N–H and O–H groups in total. The Labute approximate surface area is 166 Å². The third kappa shape index (κ3) is 4.19. The number of amides is 2. The lowest BCUT2D eigenvalue weighted by Crippen LogP contribution is -2.58. The maximum atomic E-state index is 13.0. The molecular formula is C23H28N2O3. The first-order valence-corrected chi connectivity index (χ1v) is 9.75. The van der Waals surface area contributed by atoms with Crippen molar-refractivity contribution < 1.29 is 14.3 Å². The maximum Gasteiger partial charge on any atom is 0.254 e. The largest absolute Gasteiger partial charge is 0.497 e. The number of ether oxygens (including phenoxy) is 1. The highest BCUT2D eigenvalue weighted by molar-refractivity contribution is 5.98. The number of rotatable bonds is 5. The van der Waals surface area contributed by atoms with E-state index in [0.29, 0.717) is 24.6 Å². The zero-order valence-electron chi connectivity index (χ0n) is 17.0. The van der Waals surface area contributed by atoms with Crippen molar-refractivity contribution in [2.24, 2.45) is 5.92 Å². The number of benzene rings is 2. The first-order valence-electron chi connectivity index (χ1n) is 9.75. The van der Waals surface area contributed by atoms with Gasteiger partial charge >= 0.3 is 0 Å². The molecule has 1 fully saturated rings. The van der Waals surface area contributed by atoms with Crippen molar-refractivity contribution in [2.45, 2.75) is 26.8 Å². The van der Waals surface area contributed by atoms with Crippen LogP contribution in [-0.2, 0) is 4.79 Å². The maximum absolute atomic E-state index is 13.0. The Kier molecular flexibility index (Phi) is 6.02. The highest BCUT2D eigenvalue weighted by Crippen LogP contribution is 2.25. The lowest BCUT2D eigenvalue weighted by Gasteiger charge is -2.39. The van der Waals surface area contributed by atoms with Crippen LogP contribution in [0.1, 0.15) is 31.1 Å². The van der Waals surface area contributed by atoms with Gasteiger partial charge in [0, 0.05) is 25.2 Å². The van der Waals surface area contributed by atoms with Gasteiger partial charge in [-0.25, -0.2) is 0 Å². The van der Waals surface area contributed by atoms with Gasteiger partial charge in [0.25, 0.3) is 5.91 Å². The standard InChI is InChI=1S/C23H28N2O3/c1-16(2)15-24-12-13-25(17(3)22(24)26)23(27)19-10-8-18(9-11-19)20-6-5-7-21(14-20)28-4/h5-11,14,16-17H,12-13,15H2,1-4H3/t17-/m1/s1. The van der Waals surface area contributed by atoms with E-state index in [0.717, 1.165) is 23.4 Å². The van der Waals surface area contributed by atoms with Crippen LogP contribution >= 0.6 is 0 Å². The molecule has 0 spiro atoms. The Balaban J connectivity index is 1.73. The molecule has 1 atom stereocenters. The molecule has 1 heterocycles. The summed E-state index contributed by atoms with van der Waals surface area (Å²) in [7, 11) is 1.64. The van der Waals surface area contributed by atoms with Crippen molar-refractivity contribution in [2.75, 3.05) is 26.7 Å². The van der Waals surface area contributed by atoms with Crippen LogP contribution in [0.2, 0.25) is 0 Å². The van der Waals surface area contributed by atoms with E-state index in [2.05, 4.69) is 13.8 Å². The average Bonchev–Trinajstić information content (AvgIpc) is 2.71. The molecule has 1 aliphatic rings.